The lowest BCUT2D eigenvalue weighted by Crippen LogP contribution is -2.47. The van der Waals surface area contributed by atoms with Crippen LogP contribution in [0.1, 0.15) is 22.4 Å². The molecule has 0 bridgehead atoms. The van der Waals surface area contributed by atoms with Gasteiger partial charge in [-0.15, -0.1) is 0 Å². The zero-order valence-corrected chi connectivity index (χ0v) is 17.7. The summed E-state index contributed by atoms with van der Waals surface area (Å²) in [7, 11) is 0. The van der Waals surface area contributed by atoms with Crippen LogP contribution in [0.2, 0.25) is 0 Å². The van der Waals surface area contributed by atoms with Gasteiger partial charge in [-0.2, -0.15) is 4.98 Å². The Kier molecular flexibility index (Phi) is 5.38. The zero-order valence-electron chi connectivity index (χ0n) is 17.7. The number of piperazine rings is 1. The molecule has 1 N–H and O–H groups in total. The molecule has 0 saturated carbocycles. The van der Waals surface area contributed by atoms with Gasteiger partial charge in [-0.3, -0.25) is 0 Å². The average molecular weight is 388 g/mol. The normalized spacial score (nSPS) is 14.2. The lowest BCUT2D eigenvalue weighted by Gasteiger charge is -2.36. The monoisotopic (exact) mass is 387 g/mol. The second-order valence-corrected chi connectivity index (χ2v) is 7.90. The second-order valence-electron chi connectivity index (χ2n) is 7.90. The molecule has 2 aromatic carbocycles. The molecule has 1 fully saturated rings. The smallest absolute Gasteiger partial charge is 0.227 e. The molecule has 1 aliphatic heterocycles. The number of nitrogens with zero attached hydrogens (tertiary/aromatic N) is 4. The van der Waals surface area contributed by atoms with Crippen LogP contribution in [0, 0.1) is 27.7 Å². The van der Waals surface area contributed by atoms with Gasteiger partial charge in [-0.25, -0.2) is 4.98 Å². The Labute approximate surface area is 173 Å². The van der Waals surface area contributed by atoms with Crippen molar-refractivity contribution in [3.63, 3.8) is 0 Å². The fourth-order valence-corrected chi connectivity index (χ4v) is 3.89. The van der Waals surface area contributed by atoms with Crippen LogP contribution in [-0.4, -0.2) is 36.1 Å². The van der Waals surface area contributed by atoms with Crippen molar-refractivity contribution in [2.45, 2.75) is 27.7 Å². The predicted octanol–water partition coefficient (Wildman–Crippen LogP) is 4.78. The van der Waals surface area contributed by atoms with Crippen molar-refractivity contribution in [1.29, 1.82) is 0 Å². The van der Waals surface area contributed by atoms with E-state index in [1.807, 2.05) is 13.0 Å². The van der Waals surface area contributed by atoms with E-state index in [2.05, 4.69) is 78.4 Å². The van der Waals surface area contributed by atoms with Gasteiger partial charge in [0.1, 0.15) is 5.82 Å². The minimum absolute atomic E-state index is 0.808. The van der Waals surface area contributed by atoms with Crippen molar-refractivity contribution in [3.8, 4) is 0 Å². The number of aryl methyl sites for hydroxylation is 4. The summed E-state index contributed by atoms with van der Waals surface area (Å²) in [5.74, 6) is 1.66. The van der Waals surface area contributed by atoms with Crippen molar-refractivity contribution in [2.24, 2.45) is 0 Å². The fourth-order valence-electron chi connectivity index (χ4n) is 3.89. The maximum absolute atomic E-state index is 4.83. The summed E-state index contributed by atoms with van der Waals surface area (Å²) in [5.41, 5.74) is 7.14. The summed E-state index contributed by atoms with van der Waals surface area (Å²) in [4.78, 5) is 14.3. The summed E-state index contributed by atoms with van der Waals surface area (Å²) in [6, 6.07) is 17.1. The molecule has 0 amide bonds. The number of para-hydroxylation sites is 1. The Morgan fingerprint density at radius 3 is 2.10 bits per heavy atom. The van der Waals surface area contributed by atoms with Gasteiger partial charge in [-0.1, -0.05) is 30.3 Å². The molecule has 5 nitrogen and oxygen atoms in total. The molecule has 0 atom stereocenters. The number of hydrogen-bond donors (Lipinski definition) is 1. The topological polar surface area (TPSA) is 44.3 Å². The van der Waals surface area contributed by atoms with Gasteiger partial charge in [0.15, 0.2) is 0 Å². The first kappa shape index (κ1) is 19.2. The van der Waals surface area contributed by atoms with E-state index in [0.29, 0.717) is 0 Å². The first-order valence-corrected chi connectivity index (χ1v) is 10.2. The van der Waals surface area contributed by atoms with E-state index in [1.165, 1.54) is 22.4 Å². The highest BCUT2D eigenvalue weighted by atomic mass is 15.3. The van der Waals surface area contributed by atoms with Gasteiger partial charge in [0.2, 0.25) is 5.95 Å². The number of benzene rings is 2. The Bertz CT molecular complexity index is 986. The van der Waals surface area contributed by atoms with Gasteiger partial charge in [-0.05, 0) is 56.5 Å². The average Bonchev–Trinajstić information content (AvgIpc) is 2.71. The standard InChI is InChI=1S/C24H29N5/c1-17-7-5-10-21(15-17)28-11-13-29(14-12-28)24-25-20(4)16-22(27-24)26-23-18(2)8-6-9-19(23)3/h5-10,15-16H,11-14H2,1-4H3,(H,25,26,27). The number of anilines is 4. The summed E-state index contributed by atoms with van der Waals surface area (Å²) < 4.78 is 0. The maximum Gasteiger partial charge on any atom is 0.227 e. The molecule has 0 spiro atoms. The van der Waals surface area contributed by atoms with Crippen LogP contribution in [0.3, 0.4) is 0 Å². The summed E-state index contributed by atoms with van der Waals surface area (Å²) in [6.45, 7) is 12.2. The van der Waals surface area contributed by atoms with E-state index >= 15 is 0 Å². The lowest BCUT2D eigenvalue weighted by atomic mass is 10.1. The van der Waals surface area contributed by atoms with Crippen molar-refractivity contribution in [2.75, 3.05) is 41.3 Å². The van der Waals surface area contributed by atoms with Crippen molar-refractivity contribution in [1.82, 2.24) is 9.97 Å². The maximum atomic E-state index is 4.83. The van der Waals surface area contributed by atoms with Crippen LogP contribution in [0.25, 0.3) is 0 Å². The molecule has 1 saturated heterocycles. The Hall–Kier alpha value is -3.08. The number of aromatic nitrogens is 2. The molecular formula is C24H29N5. The molecule has 0 unspecified atom stereocenters. The van der Waals surface area contributed by atoms with Gasteiger partial charge >= 0.3 is 0 Å². The highest BCUT2D eigenvalue weighted by Gasteiger charge is 2.20. The predicted molar refractivity (Wildman–Crippen MR) is 122 cm³/mol. The van der Waals surface area contributed by atoms with E-state index in [0.717, 1.165) is 49.3 Å². The lowest BCUT2D eigenvalue weighted by molar-refractivity contribution is 0.639. The van der Waals surface area contributed by atoms with Crippen molar-refractivity contribution >= 4 is 23.1 Å². The van der Waals surface area contributed by atoms with Gasteiger partial charge in [0.25, 0.3) is 0 Å². The second kappa shape index (κ2) is 8.11. The molecule has 5 heteroatoms. The number of nitrogens with one attached hydrogen (secondary N) is 1. The number of hydrogen-bond acceptors (Lipinski definition) is 5. The van der Waals surface area contributed by atoms with Gasteiger partial charge in [0.05, 0.1) is 0 Å². The molecule has 2 heterocycles. The largest absolute Gasteiger partial charge is 0.368 e. The SMILES string of the molecule is Cc1cccc(N2CCN(c3nc(C)cc(Nc4c(C)cccc4C)n3)CC2)c1. The van der Waals surface area contributed by atoms with Crippen LogP contribution < -0.4 is 15.1 Å². The Balaban J connectivity index is 1.50. The van der Waals surface area contributed by atoms with E-state index in [1.54, 1.807) is 0 Å². The van der Waals surface area contributed by atoms with E-state index in [4.69, 9.17) is 9.97 Å². The highest BCUT2D eigenvalue weighted by molar-refractivity contribution is 5.65. The van der Waals surface area contributed by atoms with Crippen LogP contribution in [0.5, 0.6) is 0 Å². The summed E-state index contributed by atoms with van der Waals surface area (Å²) >= 11 is 0. The van der Waals surface area contributed by atoms with Gasteiger partial charge < -0.3 is 15.1 Å². The van der Waals surface area contributed by atoms with Crippen LogP contribution in [0.15, 0.2) is 48.5 Å². The third-order valence-corrected chi connectivity index (χ3v) is 5.51. The Morgan fingerprint density at radius 1 is 0.759 bits per heavy atom. The molecule has 1 aliphatic rings. The van der Waals surface area contributed by atoms with Crippen molar-refractivity contribution in [3.05, 3.63) is 70.9 Å². The van der Waals surface area contributed by atoms with E-state index < -0.39 is 0 Å². The molecule has 29 heavy (non-hydrogen) atoms. The summed E-state index contributed by atoms with van der Waals surface area (Å²) in [6.07, 6.45) is 0. The molecule has 3 aromatic rings. The molecular weight excluding hydrogens is 358 g/mol. The summed E-state index contributed by atoms with van der Waals surface area (Å²) in [5, 5.41) is 3.51. The quantitative estimate of drug-likeness (QED) is 0.698. The van der Waals surface area contributed by atoms with Gasteiger partial charge in [0, 0.05) is 49.3 Å². The zero-order chi connectivity index (χ0) is 20.4. The Morgan fingerprint density at radius 2 is 1.41 bits per heavy atom. The van der Waals surface area contributed by atoms with Crippen LogP contribution in [0.4, 0.5) is 23.1 Å². The third kappa shape index (κ3) is 4.34. The minimum Gasteiger partial charge on any atom is -0.368 e. The van der Waals surface area contributed by atoms with Crippen molar-refractivity contribution < 1.29 is 0 Å². The molecule has 4 rings (SSSR count). The first-order valence-electron chi connectivity index (χ1n) is 10.2. The molecule has 0 aliphatic carbocycles. The molecule has 1 aromatic heterocycles. The van der Waals surface area contributed by atoms with E-state index in [-0.39, 0.29) is 0 Å². The van der Waals surface area contributed by atoms with E-state index in [9.17, 15) is 0 Å². The first-order chi connectivity index (χ1) is 14.0. The highest BCUT2D eigenvalue weighted by Crippen LogP contribution is 2.25. The number of rotatable bonds is 4. The molecule has 0 radical (unpaired) electrons. The minimum atomic E-state index is 0.808. The van der Waals surface area contributed by atoms with Crippen LogP contribution in [-0.2, 0) is 0 Å². The third-order valence-electron chi connectivity index (χ3n) is 5.51. The fraction of sp³-hybridized carbons (Fsp3) is 0.333. The van der Waals surface area contributed by atoms with Crippen LogP contribution >= 0.6 is 0 Å². The molecule has 150 valence electrons.